The van der Waals surface area contributed by atoms with E-state index in [1.807, 2.05) is 142 Å². The van der Waals surface area contributed by atoms with Crippen LogP contribution in [-0.2, 0) is 77.2 Å². The molecule has 0 N–H and O–H groups in total. The predicted octanol–water partition coefficient (Wildman–Crippen LogP) is 7.25. The van der Waals surface area contributed by atoms with Crippen LogP contribution < -0.4 is 0 Å². The van der Waals surface area contributed by atoms with E-state index in [-0.39, 0.29) is 53.1 Å². The SMILES string of the molecule is CC(C)(C)O[Si]([S-])(OC(C)(C)C)OC(C)(C)C.CC(C)(C)O[Si]([S-])(OC(C)(C)C)OC(C)(C)C.Cn1ccnc1.[Zn+2]. The van der Waals surface area contributed by atoms with Gasteiger partial charge in [-0.1, -0.05) is 0 Å². The summed E-state index contributed by atoms with van der Waals surface area (Å²) in [6.07, 6.45) is 5.39. The van der Waals surface area contributed by atoms with Crippen LogP contribution in [0.2, 0.25) is 0 Å². The van der Waals surface area contributed by atoms with Gasteiger partial charge in [0.2, 0.25) is 0 Å². The zero-order valence-electron chi connectivity index (χ0n) is 29.6. The molecule has 0 aliphatic carbocycles. The molecule has 0 saturated carbocycles. The van der Waals surface area contributed by atoms with E-state index in [1.54, 1.807) is 12.5 Å². The van der Waals surface area contributed by atoms with Crippen LogP contribution in [0.3, 0.4) is 0 Å². The predicted molar refractivity (Wildman–Crippen MR) is 174 cm³/mol. The van der Waals surface area contributed by atoms with E-state index < -0.39 is 15.9 Å². The Labute approximate surface area is 278 Å². The molecule has 0 unspecified atom stereocenters. The Hall–Kier alpha value is 0.727. The maximum absolute atomic E-state index is 5.89. The Bertz CT molecular complexity index is 701. The molecule has 1 heterocycles. The van der Waals surface area contributed by atoms with Crippen LogP contribution in [0.1, 0.15) is 125 Å². The molecule has 0 bridgehead atoms. The molecule has 1 aromatic rings. The molecule has 0 fully saturated rings. The van der Waals surface area contributed by atoms with Crippen molar-refractivity contribution in [2.24, 2.45) is 7.05 Å². The smallest absolute Gasteiger partial charge is 0.708 e. The van der Waals surface area contributed by atoms with Crippen LogP contribution in [-0.4, -0.2) is 59.1 Å². The first-order valence-corrected chi connectivity index (χ1v) is 19.4. The van der Waals surface area contributed by atoms with Gasteiger partial charge in [0.05, 0.1) is 39.9 Å². The van der Waals surface area contributed by atoms with E-state index >= 15 is 0 Å². The molecule has 0 spiro atoms. The van der Waals surface area contributed by atoms with Gasteiger partial charge in [0.1, 0.15) is 0 Å². The second kappa shape index (κ2) is 16.9. The van der Waals surface area contributed by atoms with Gasteiger partial charge >= 0.3 is 35.4 Å². The van der Waals surface area contributed by atoms with Crippen molar-refractivity contribution in [3.05, 3.63) is 18.7 Å². The van der Waals surface area contributed by atoms with Crippen molar-refractivity contribution in [3.63, 3.8) is 0 Å². The van der Waals surface area contributed by atoms with Crippen LogP contribution in [0.4, 0.5) is 0 Å². The quantitative estimate of drug-likeness (QED) is 0.225. The number of aryl methyl sites for hydroxylation is 1. The summed E-state index contributed by atoms with van der Waals surface area (Å²) in [5, 5.41) is 0. The average molecular weight is 706 g/mol. The van der Waals surface area contributed by atoms with E-state index in [0.717, 1.165) is 0 Å². The molecule has 0 radical (unpaired) electrons. The average Bonchev–Trinajstić information content (AvgIpc) is 2.93. The van der Waals surface area contributed by atoms with Crippen molar-refractivity contribution in [2.75, 3.05) is 0 Å². The van der Waals surface area contributed by atoms with E-state index in [4.69, 9.17) is 50.7 Å². The minimum Gasteiger partial charge on any atom is -0.708 e. The maximum atomic E-state index is 5.89. The van der Waals surface area contributed by atoms with Gasteiger partial charge in [-0.3, -0.25) is 0 Å². The first kappa shape index (κ1) is 46.1. The normalized spacial score (nSPS) is 13.9. The third kappa shape index (κ3) is 31.9. The van der Waals surface area contributed by atoms with Crippen LogP contribution in [0, 0.1) is 0 Å². The van der Waals surface area contributed by atoms with Crippen molar-refractivity contribution in [1.82, 2.24) is 9.55 Å². The molecule has 0 atom stereocenters. The van der Waals surface area contributed by atoms with Crippen molar-refractivity contribution in [3.8, 4) is 0 Å². The summed E-state index contributed by atoms with van der Waals surface area (Å²) in [4.78, 5) is 3.78. The molecule has 0 amide bonds. The molecule has 1 rings (SSSR count). The third-order valence-electron chi connectivity index (χ3n) is 3.22. The second-order valence-electron chi connectivity index (χ2n) is 15.5. The van der Waals surface area contributed by atoms with E-state index in [0.29, 0.717) is 0 Å². The number of nitrogens with zero attached hydrogens (tertiary/aromatic N) is 2. The van der Waals surface area contributed by atoms with Gasteiger partial charge in [0.15, 0.2) is 0 Å². The van der Waals surface area contributed by atoms with Gasteiger partial charge in [0.25, 0.3) is 0 Å². The van der Waals surface area contributed by atoms with Gasteiger partial charge in [-0.25, -0.2) is 4.98 Å². The fraction of sp³-hybridized carbons (Fsp3) is 0.893. The van der Waals surface area contributed by atoms with Crippen molar-refractivity contribution in [2.45, 2.75) is 158 Å². The summed E-state index contributed by atoms with van der Waals surface area (Å²) in [5.74, 6) is 0. The summed E-state index contributed by atoms with van der Waals surface area (Å²) in [5.41, 5.74) is -2.22. The number of rotatable bonds is 6. The molecule has 13 heteroatoms. The number of hydrogen-bond acceptors (Lipinski definition) is 9. The van der Waals surface area contributed by atoms with Crippen LogP contribution in [0.15, 0.2) is 18.7 Å². The monoisotopic (exact) mass is 704 g/mol. The Morgan fingerprint density at radius 3 is 0.756 bits per heavy atom. The molecule has 8 nitrogen and oxygen atoms in total. The van der Waals surface area contributed by atoms with Gasteiger partial charge in [-0.15, -0.1) is 0 Å². The number of hydrogen-bond donors (Lipinski definition) is 0. The Kier molecular flexibility index (Phi) is 19.0. The van der Waals surface area contributed by atoms with Gasteiger partial charge in [0, 0.05) is 19.4 Å². The Morgan fingerprint density at radius 1 is 0.488 bits per heavy atom. The number of aromatic nitrogens is 2. The largest absolute Gasteiger partial charge is 2.00 e. The summed E-state index contributed by atoms with van der Waals surface area (Å²) in [6.45, 7) is 35.2. The molecule has 1 aromatic heterocycles. The van der Waals surface area contributed by atoms with Gasteiger partial charge in [-0.05, 0) is 125 Å². The first-order chi connectivity index (χ1) is 17.1. The Morgan fingerprint density at radius 2 is 0.683 bits per heavy atom. The zero-order chi connectivity index (χ0) is 32.6. The third-order valence-corrected chi connectivity index (χ3v) is 9.90. The molecule has 0 aromatic carbocycles. The van der Waals surface area contributed by atoms with Crippen molar-refractivity contribution in [1.29, 1.82) is 0 Å². The molecule has 0 aliphatic heterocycles. The van der Waals surface area contributed by atoms with E-state index in [9.17, 15) is 0 Å². The standard InChI is InChI=1S/2C12H27O3SSi.C4H6N2.Zn/c2*1-10(2,3)13-17(16,14-11(4,5)6)15-12(7,8)9;1-6-3-2-5-4-6;/h2*1-9H3;2-4H,1H3;/q2*-1;;+2. The van der Waals surface area contributed by atoms with Crippen LogP contribution >= 0.6 is 0 Å². The van der Waals surface area contributed by atoms with Crippen molar-refractivity contribution >= 4 is 40.1 Å². The van der Waals surface area contributed by atoms with Gasteiger partial charge in [-0.2, -0.15) is 0 Å². The fourth-order valence-corrected chi connectivity index (χ4v) is 12.0. The Balaban J connectivity index is -0.000000572. The molecule has 240 valence electrons. The number of imidazole rings is 1. The fourth-order valence-electron chi connectivity index (χ4n) is 2.70. The summed E-state index contributed by atoms with van der Waals surface area (Å²) >= 11 is 11.0. The van der Waals surface area contributed by atoms with Gasteiger partial charge < -0.3 is 55.3 Å². The van der Waals surface area contributed by atoms with E-state index in [2.05, 4.69) is 4.98 Å². The molecular weight excluding hydrogens is 646 g/mol. The topological polar surface area (TPSA) is 73.2 Å². The zero-order valence-corrected chi connectivity index (χ0v) is 36.2. The summed E-state index contributed by atoms with van der Waals surface area (Å²) in [7, 11) is -4.21. The molecule has 0 saturated heterocycles. The first-order valence-electron chi connectivity index (χ1n) is 13.7. The van der Waals surface area contributed by atoms with Crippen LogP contribution in [0.25, 0.3) is 0 Å². The summed E-state index contributed by atoms with van der Waals surface area (Å²) < 4.78 is 37.2. The molecular formula is C28H60N2O6S2Si2Zn. The van der Waals surface area contributed by atoms with Crippen LogP contribution in [0.5, 0.6) is 0 Å². The minimum absolute atomic E-state index is 0. The molecule has 0 aliphatic rings. The minimum atomic E-state index is -3.07. The van der Waals surface area contributed by atoms with E-state index in [1.165, 1.54) is 0 Å². The maximum Gasteiger partial charge on any atom is 2.00 e. The summed E-state index contributed by atoms with van der Waals surface area (Å²) in [6, 6.07) is 0. The molecule has 41 heavy (non-hydrogen) atoms. The second-order valence-corrected chi connectivity index (χ2v) is 21.7. The van der Waals surface area contributed by atoms with Crippen molar-refractivity contribution < 1.29 is 46.0 Å².